The topological polar surface area (TPSA) is 23.5 Å². The Morgan fingerprint density at radius 2 is 1.90 bits per heavy atom. The highest BCUT2D eigenvalue weighted by molar-refractivity contribution is 5.24. The van der Waals surface area contributed by atoms with Crippen molar-refractivity contribution in [2.45, 2.75) is 51.6 Å². The molecule has 0 amide bonds. The van der Waals surface area contributed by atoms with Crippen LogP contribution in [0.4, 0.5) is 0 Å². The maximum absolute atomic E-state index is 10.4. The van der Waals surface area contributed by atoms with Gasteiger partial charge in [-0.1, -0.05) is 37.6 Å². The number of rotatable bonds is 5. The lowest BCUT2D eigenvalue weighted by Gasteiger charge is -2.25. The van der Waals surface area contributed by atoms with E-state index >= 15 is 0 Å². The van der Waals surface area contributed by atoms with Crippen molar-refractivity contribution in [2.24, 2.45) is 11.8 Å². The van der Waals surface area contributed by atoms with Crippen LogP contribution in [0.5, 0.6) is 0 Å². The SMILES string of the molecule is CCc1ccc(C(O)CCN2CCC3CCC(C3)C2)cc1. The number of hydrogen-bond acceptors (Lipinski definition) is 2. The molecule has 2 aliphatic rings. The average molecular weight is 287 g/mol. The number of fused-ring (bicyclic) bond motifs is 2. The van der Waals surface area contributed by atoms with Gasteiger partial charge in [-0.3, -0.25) is 0 Å². The molecule has 21 heavy (non-hydrogen) atoms. The third-order valence-electron chi connectivity index (χ3n) is 5.51. The molecule has 2 nitrogen and oxygen atoms in total. The number of aliphatic hydroxyl groups excluding tert-OH is 1. The Bertz CT molecular complexity index is 441. The molecule has 3 rings (SSSR count). The standard InChI is InChI=1S/C19H29NO/c1-2-15-5-7-18(8-6-15)19(21)10-12-20-11-9-16-3-4-17(13-16)14-20/h5-8,16-17,19,21H,2-4,9-14H2,1H3. The largest absolute Gasteiger partial charge is 0.388 e. The van der Waals surface area contributed by atoms with E-state index < -0.39 is 0 Å². The summed E-state index contributed by atoms with van der Waals surface area (Å²) in [5, 5.41) is 10.4. The van der Waals surface area contributed by atoms with Crippen LogP contribution in [0.1, 0.15) is 56.3 Å². The Labute approximate surface area is 129 Å². The van der Waals surface area contributed by atoms with Gasteiger partial charge in [-0.25, -0.2) is 0 Å². The number of aryl methyl sites for hydroxylation is 1. The number of nitrogens with zero attached hydrogens (tertiary/aromatic N) is 1. The minimum absolute atomic E-state index is 0.309. The van der Waals surface area contributed by atoms with Crippen molar-refractivity contribution < 1.29 is 5.11 Å². The minimum atomic E-state index is -0.309. The molecular formula is C19H29NO. The van der Waals surface area contributed by atoms with Crippen LogP contribution >= 0.6 is 0 Å². The second-order valence-electron chi connectivity index (χ2n) is 7.03. The quantitative estimate of drug-likeness (QED) is 0.890. The predicted octanol–water partition coefficient (Wildman–Crippen LogP) is 3.79. The number of benzene rings is 1. The van der Waals surface area contributed by atoms with Gasteiger partial charge in [0.1, 0.15) is 0 Å². The first-order valence-electron chi connectivity index (χ1n) is 8.74. The molecule has 2 heteroatoms. The summed E-state index contributed by atoms with van der Waals surface area (Å²) in [5.41, 5.74) is 2.41. The second kappa shape index (κ2) is 6.93. The fraction of sp³-hybridized carbons (Fsp3) is 0.684. The van der Waals surface area contributed by atoms with Gasteiger partial charge in [0.05, 0.1) is 6.10 Å². The zero-order valence-corrected chi connectivity index (χ0v) is 13.3. The molecule has 116 valence electrons. The summed E-state index contributed by atoms with van der Waals surface area (Å²) in [6.45, 7) is 5.71. The van der Waals surface area contributed by atoms with Gasteiger partial charge >= 0.3 is 0 Å². The first kappa shape index (κ1) is 15.1. The second-order valence-corrected chi connectivity index (χ2v) is 7.03. The van der Waals surface area contributed by atoms with E-state index in [-0.39, 0.29) is 6.10 Å². The Balaban J connectivity index is 1.49. The summed E-state index contributed by atoms with van der Waals surface area (Å²) in [6.07, 6.45) is 7.34. The van der Waals surface area contributed by atoms with Gasteiger partial charge in [0.2, 0.25) is 0 Å². The molecule has 1 N–H and O–H groups in total. The first-order chi connectivity index (χ1) is 10.2. The zero-order valence-electron chi connectivity index (χ0n) is 13.3. The fourth-order valence-electron chi connectivity index (χ4n) is 4.08. The maximum Gasteiger partial charge on any atom is 0.0802 e. The van der Waals surface area contributed by atoms with Crippen LogP contribution in [0.15, 0.2) is 24.3 Å². The van der Waals surface area contributed by atoms with Gasteiger partial charge in [0.15, 0.2) is 0 Å². The van der Waals surface area contributed by atoms with Gasteiger partial charge in [-0.15, -0.1) is 0 Å². The van der Waals surface area contributed by atoms with Crippen molar-refractivity contribution in [1.29, 1.82) is 0 Å². The van der Waals surface area contributed by atoms with E-state index in [0.29, 0.717) is 0 Å². The molecule has 1 aliphatic heterocycles. The molecular weight excluding hydrogens is 258 g/mol. The highest BCUT2D eigenvalue weighted by Gasteiger charge is 2.29. The van der Waals surface area contributed by atoms with Crippen molar-refractivity contribution in [2.75, 3.05) is 19.6 Å². The van der Waals surface area contributed by atoms with E-state index in [0.717, 1.165) is 36.8 Å². The third-order valence-corrected chi connectivity index (χ3v) is 5.51. The molecule has 1 heterocycles. The molecule has 0 aromatic heterocycles. The zero-order chi connectivity index (χ0) is 14.7. The average Bonchev–Trinajstić information content (AvgIpc) is 2.85. The normalized spacial score (nSPS) is 27.5. The molecule has 1 aromatic rings. The predicted molar refractivity (Wildman–Crippen MR) is 87.3 cm³/mol. The van der Waals surface area contributed by atoms with Crippen LogP contribution in [0.2, 0.25) is 0 Å². The maximum atomic E-state index is 10.4. The van der Waals surface area contributed by atoms with Gasteiger partial charge < -0.3 is 10.0 Å². The van der Waals surface area contributed by atoms with Gasteiger partial charge in [0, 0.05) is 13.1 Å². The molecule has 2 fully saturated rings. The Morgan fingerprint density at radius 3 is 2.67 bits per heavy atom. The summed E-state index contributed by atoms with van der Waals surface area (Å²) in [4.78, 5) is 2.59. The summed E-state index contributed by atoms with van der Waals surface area (Å²) in [6, 6.07) is 8.47. The van der Waals surface area contributed by atoms with E-state index in [4.69, 9.17) is 0 Å². The highest BCUT2D eigenvalue weighted by atomic mass is 16.3. The number of likely N-dealkylation sites (tertiary alicyclic amines) is 1. The molecule has 2 bridgehead atoms. The molecule has 1 saturated heterocycles. The number of hydrogen-bond donors (Lipinski definition) is 1. The summed E-state index contributed by atoms with van der Waals surface area (Å²) >= 11 is 0. The van der Waals surface area contributed by atoms with Crippen LogP contribution in [-0.4, -0.2) is 29.6 Å². The molecule has 1 aromatic carbocycles. The Kier molecular flexibility index (Phi) is 4.97. The third kappa shape index (κ3) is 3.87. The van der Waals surface area contributed by atoms with Crippen molar-refractivity contribution in [3.8, 4) is 0 Å². The monoisotopic (exact) mass is 287 g/mol. The molecule has 3 atom stereocenters. The lowest BCUT2D eigenvalue weighted by atomic mass is 10.0. The smallest absolute Gasteiger partial charge is 0.0802 e. The summed E-state index contributed by atoms with van der Waals surface area (Å²) in [5.74, 6) is 1.92. The molecule has 0 spiro atoms. The van der Waals surface area contributed by atoms with Crippen molar-refractivity contribution >= 4 is 0 Å². The van der Waals surface area contributed by atoms with E-state index in [1.165, 1.54) is 44.3 Å². The lowest BCUT2D eigenvalue weighted by Crippen LogP contribution is -2.30. The van der Waals surface area contributed by atoms with Gasteiger partial charge in [-0.05, 0) is 61.6 Å². The van der Waals surface area contributed by atoms with Crippen LogP contribution in [-0.2, 0) is 6.42 Å². The van der Waals surface area contributed by atoms with Crippen LogP contribution in [0, 0.1) is 11.8 Å². The van der Waals surface area contributed by atoms with Crippen molar-refractivity contribution in [3.63, 3.8) is 0 Å². The van der Waals surface area contributed by atoms with Crippen molar-refractivity contribution in [1.82, 2.24) is 4.90 Å². The summed E-state index contributed by atoms with van der Waals surface area (Å²) in [7, 11) is 0. The molecule has 1 aliphatic carbocycles. The molecule has 3 unspecified atom stereocenters. The van der Waals surface area contributed by atoms with Crippen LogP contribution < -0.4 is 0 Å². The minimum Gasteiger partial charge on any atom is -0.388 e. The summed E-state index contributed by atoms with van der Waals surface area (Å²) < 4.78 is 0. The van der Waals surface area contributed by atoms with Crippen LogP contribution in [0.3, 0.4) is 0 Å². The van der Waals surface area contributed by atoms with Crippen LogP contribution in [0.25, 0.3) is 0 Å². The fourth-order valence-corrected chi connectivity index (χ4v) is 4.08. The first-order valence-corrected chi connectivity index (χ1v) is 8.74. The van der Waals surface area contributed by atoms with Gasteiger partial charge in [0.25, 0.3) is 0 Å². The van der Waals surface area contributed by atoms with Gasteiger partial charge in [-0.2, -0.15) is 0 Å². The number of aliphatic hydroxyl groups is 1. The Hall–Kier alpha value is -0.860. The van der Waals surface area contributed by atoms with E-state index in [1.54, 1.807) is 0 Å². The van der Waals surface area contributed by atoms with Crippen molar-refractivity contribution in [3.05, 3.63) is 35.4 Å². The van der Waals surface area contributed by atoms with E-state index in [9.17, 15) is 5.11 Å². The molecule has 1 saturated carbocycles. The lowest BCUT2D eigenvalue weighted by molar-refractivity contribution is 0.136. The van der Waals surface area contributed by atoms with E-state index in [2.05, 4.69) is 36.1 Å². The highest BCUT2D eigenvalue weighted by Crippen LogP contribution is 2.36. The Morgan fingerprint density at radius 1 is 1.14 bits per heavy atom. The van der Waals surface area contributed by atoms with E-state index in [1.807, 2.05) is 0 Å². The molecule has 0 radical (unpaired) electrons.